The van der Waals surface area contributed by atoms with Crippen molar-refractivity contribution in [2.24, 2.45) is 0 Å². The molecule has 1 aromatic heterocycles. The van der Waals surface area contributed by atoms with Gasteiger partial charge in [0.05, 0.1) is 6.20 Å². The number of fused-ring (bicyclic) bond motifs is 4. The number of hydrogen-bond donors (Lipinski definition) is 0. The summed E-state index contributed by atoms with van der Waals surface area (Å²) in [7, 11) is 0. The Kier molecular flexibility index (Phi) is 1.56. The van der Waals surface area contributed by atoms with Crippen LogP contribution in [-0.4, -0.2) is 9.97 Å². The molecule has 17 heavy (non-hydrogen) atoms. The van der Waals surface area contributed by atoms with Crippen molar-refractivity contribution in [3.63, 3.8) is 0 Å². The first-order valence-electron chi connectivity index (χ1n) is 5.43. The van der Waals surface area contributed by atoms with Gasteiger partial charge in [0.1, 0.15) is 17.6 Å². The molecular weight excluding hydrogens is 212 g/mol. The fourth-order valence-corrected chi connectivity index (χ4v) is 2.22. The maximum Gasteiger partial charge on any atom is 0.171 e. The van der Waals surface area contributed by atoms with Crippen molar-refractivity contribution in [3.05, 3.63) is 48.9 Å². The van der Waals surface area contributed by atoms with Crippen LogP contribution in [0.5, 0.6) is 0 Å². The Labute approximate surface area is 97.1 Å². The van der Waals surface area contributed by atoms with Gasteiger partial charge in [-0.15, -0.1) is 0 Å². The zero-order valence-corrected chi connectivity index (χ0v) is 8.92. The summed E-state index contributed by atoms with van der Waals surface area (Å²) in [5.41, 5.74) is 2.66. The quantitative estimate of drug-likeness (QED) is 0.455. The first kappa shape index (κ1) is 8.70. The van der Waals surface area contributed by atoms with Crippen LogP contribution in [0.2, 0.25) is 0 Å². The molecule has 0 saturated carbocycles. The first-order valence-corrected chi connectivity index (χ1v) is 5.43. The van der Waals surface area contributed by atoms with Crippen molar-refractivity contribution < 1.29 is 4.42 Å². The Morgan fingerprint density at radius 2 is 2.00 bits per heavy atom. The summed E-state index contributed by atoms with van der Waals surface area (Å²) in [6.45, 7) is 0. The molecule has 0 atom stereocenters. The van der Waals surface area contributed by atoms with E-state index in [2.05, 4.69) is 34.2 Å². The Morgan fingerprint density at radius 3 is 3.00 bits per heavy atom. The summed E-state index contributed by atoms with van der Waals surface area (Å²) in [5, 5.41) is 2.39. The number of benzene rings is 1. The lowest BCUT2D eigenvalue weighted by Crippen LogP contribution is -1.82. The second kappa shape index (κ2) is 3.04. The average molecular weight is 220 g/mol. The van der Waals surface area contributed by atoms with E-state index in [4.69, 9.17) is 4.42 Å². The topological polar surface area (TPSA) is 38.9 Å². The van der Waals surface area contributed by atoms with E-state index >= 15 is 0 Å². The van der Waals surface area contributed by atoms with Crippen LogP contribution in [0.15, 0.2) is 53.3 Å². The third-order valence-electron chi connectivity index (χ3n) is 3.01. The van der Waals surface area contributed by atoms with Crippen LogP contribution < -0.4 is 0 Å². The second-order valence-corrected chi connectivity index (χ2v) is 4.03. The van der Waals surface area contributed by atoms with E-state index in [1.165, 1.54) is 17.1 Å². The third-order valence-corrected chi connectivity index (χ3v) is 3.01. The fourth-order valence-electron chi connectivity index (χ4n) is 2.22. The van der Waals surface area contributed by atoms with Gasteiger partial charge in [-0.1, -0.05) is 24.3 Å². The molecule has 1 aromatic carbocycles. The molecule has 1 aliphatic carbocycles. The van der Waals surface area contributed by atoms with Crippen molar-refractivity contribution >= 4 is 21.9 Å². The van der Waals surface area contributed by atoms with Gasteiger partial charge in [-0.05, 0) is 22.9 Å². The molecule has 0 N–H and O–H groups in total. The summed E-state index contributed by atoms with van der Waals surface area (Å²) < 4.78 is 5.81. The monoisotopic (exact) mass is 220 g/mol. The van der Waals surface area contributed by atoms with Crippen LogP contribution >= 0.6 is 0 Å². The zero-order valence-electron chi connectivity index (χ0n) is 8.92. The van der Waals surface area contributed by atoms with Gasteiger partial charge in [0.25, 0.3) is 0 Å². The highest BCUT2D eigenvalue weighted by Crippen LogP contribution is 2.36. The highest BCUT2D eigenvalue weighted by Gasteiger charge is 2.13. The number of nitrogens with zero attached hydrogens (tertiary/aromatic N) is 2. The Hall–Kier alpha value is -2.42. The lowest BCUT2D eigenvalue weighted by Gasteiger charge is -2.01. The van der Waals surface area contributed by atoms with Crippen molar-refractivity contribution in [2.45, 2.75) is 0 Å². The molecule has 3 heteroatoms. The molecular formula is C14H8N2O. The molecule has 0 unspecified atom stereocenters. The summed E-state index contributed by atoms with van der Waals surface area (Å²) in [6, 6.07) is 12.4. The fraction of sp³-hybridized carbons (Fsp3) is 0. The predicted molar refractivity (Wildman–Crippen MR) is 65.9 cm³/mol. The number of rotatable bonds is 0. The molecule has 2 heterocycles. The van der Waals surface area contributed by atoms with Crippen LogP contribution in [0.3, 0.4) is 0 Å². The van der Waals surface area contributed by atoms with Crippen LogP contribution in [0.4, 0.5) is 0 Å². The highest BCUT2D eigenvalue weighted by molar-refractivity contribution is 6.02. The summed E-state index contributed by atoms with van der Waals surface area (Å²) in [6.07, 6.45) is 3.23. The van der Waals surface area contributed by atoms with E-state index in [1.54, 1.807) is 6.20 Å². The molecule has 0 amide bonds. The summed E-state index contributed by atoms with van der Waals surface area (Å²) in [5.74, 6) is 0.883. The van der Waals surface area contributed by atoms with E-state index in [0.717, 1.165) is 22.4 Å². The highest BCUT2D eigenvalue weighted by atomic mass is 16.3. The van der Waals surface area contributed by atoms with Gasteiger partial charge >= 0.3 is 0 Å². The molecule has 0 fully saturated rings. The smallest absolute Gasteiger partial charge is 0.171 e. The average Bonchev–Trinajstić information content (AvgIpc) is 2.73. The Balaban J connectivity index is 2.25. The van der Waals surface area contributed by atoms with E-state index in [-0.39, 0.29) is 0 Å². The molecule has 0 radical (unpaired) electrons. The van der Waals surface area contributed by atoms with Crippen LogP contribution in [0.25, 0.3) is 33.2 Å². The number of aromatic nitrogens is 2. The minimum Gasteiger partial charge on any atom is -0.453 e. The largest absolute Gasteiger partial charge is 0.453 e. The van der Waals surface area contributed by atoms with E-state index < -0.39 is 0 Å². The van der Waals surface area contributed by atoms with Crippen LogP contribution in [-0.2, 0) is 0 Å². The first-order chi connectivity index (χ1) is 8.42. The second-order valence-electron chi connectivity index (χ2n) is 4.03. The molecule has 80 valence electrons. The third kappa shape index (κ3) is 1.16. The van der Waals surface area contributed by atoms with Gasteiger partial charge < -0.3 is 4.42 Å². The van der Waals surface area contributed by atoms with E-state index in [9.17, 15) is 0 Å². The minimum atomic E-state index is 0.718. The van der Waals surface area contributed by atoms with E-state index in [1.807, 2.05) is 12.1 Å². The van der Waals surface area contributed by atoms with Crippen molar-refractivity contribution in [3.8, 4) is 11.3 Å². The van der Waals surface area contributed by atoms with Gasteiger partial charge in [0, 0.05) is 5.56 Å². The van der Waals surface area contributed by atoms with Crippen molar-refractivity contribution in [1.29, 1.82) is 0 Å². The van der Waals surface area contributed by atoms with Crippen molar-refractivity contribution in [2.75, 3.05) is 0 Å². The molecule has 0 saturated heterocycles. The molecule has 2 aliphatic rings. The SMILES string of the molecule is c1ccc2c3cc4ncncc4oc-3cc2c1. The summed E-state index contributed by atoms with van der Waals surface area (Å²) in [4.78, 5) is 8.18. The van der Waals surface area contributed by atoms with Crippen molar-refractivity contribution in [1.82, 2.24) is 9.97 Å². The van der Waals surface area contributed by atoms with E-state index in [0.29, 0.717) is 0 Å². The Morgan fingerprint density at radius 1 is 1.06 bits per heavy atom. The van der Waals surface area contributed by atoms with Gasteiger partial charge in [0.15, 0.2) is 5.58 Å². The normalized spacial score (nSPS) is 11.5. The standard InChI is InChI=1S/C14H8N2O/c1-2-4-10-9(3-1)5-13-11(10)6-12-14(17-13)7-15-8-16-12/h1-8H. The lowest BCUT2D eigenvalue weighted by atomic mass is 10.1. The number of hydrogen-bond acceptors (Lipinski definition) is 3. The molecule has 0 bridgehead atoms. The molecule has 0 spiro atoms. The Bertz CT molecular complexity index is 798. The molecule has 1 aliphatic heterocycles. The van der Waals surface area contributed by atoms with Gasteiger partial charge in [-0.25, -0.2) is 9.97 Å². The van der Waals surface area contributed by atoms with Crippen LogP contribution in [0.1, 0.15) is 0 Å². The lowest BCUT2D eigenvalue weighted by molar-refractivity contribution is 0.618. The van der Waals surface area contributed by atoms with Crippen LogP contribution in [0, 0.1) is 0 Å². The molecule has 3 nitrogen and oxygen atoms in total. The molecule has 2 aromatic rings. The minimum absolute atomic E-state index is 0.718. The van der Waals surface area contributed by atoms with Gasteiger partial charge in [-0.2, -0.15) is 0 Å². The maximum absolute atomic E-state index is 5.81. The molecule has 4 rings (SSSR count). The summed E-state index contributed by atoms with van der Waals surface area (Å²) >= 11 is 0. The predicted octanol–water partition coefficient (Wildman–Crippen LogP) is 3.48. The zero-order chi connectivity index (χ0) is 11.2. The van der Waals surface area contributed by atoms with Gasteiger partial charge in [-0.3, -0.25) is 0 Å². The van der Waals surface area contributed by atoms with Gasteiger partial charge in [0.2, 0.25) is 0 Å². The maximum atomic E-state index is 5.81.